The van der Waals surface area contributed by atoms with Crippen LogP contribution >= 0.6 is 0 Å². The SMILES string of the molecule is CNc1ccc(C#N)cc1N1CC(O)CC1=O. The van der Waals surface area contributed by atoms with Crippen LogP contribution in [0.3, 0.4) is 0 Å². The highest BCUT2D eigenvalue weighted by atomic mass is 16.3. The van der Waals surface area contributed by atoms with E-state index in [0.29, 0.717) is 11.3 Å². The zero-order valence-electron chi connectivity index (χ0n) is 9.47. The van der Waals surface area contributed by atoms with Gasteiger partial charge in [-0.25, -0.2) is 0 Å². The van der Waals surface area contributed by atoms with Gasteiger partial charge in [-0.3, -0.25) is 4.79 Å². The zero-order valence-corrected chi connectivity index (χ0v) is 9.47. The zero-order chi connectivity index (χ0) is 12.4. The van der Waals surface area contributed by atoms with Gasteiger partial charge < -0.3 is 15.3 Å². The van der Waals surface area contributed by atoms with Crippen molar-refractivity contribution in [3.05, 3.63) is 23.8 Å². The third-order valence-corrected chi connectivity index (χ3v) is 2.79. The highest BCUT2D eigenvalue weighted by molar-refractivity contribution is 5.99. The number of benzene rings is 1. The van der Waals surface area contributed by atoms with E-state index in [9.17, 15) is 9.90 Å². The summed E-state index contributed by atoms with van der Waals surface area (Å²) >= 11 is 0. The van der Waals surface area contributed by atoms with Crippen molar-refractivity contribution < 1.29 is 9.90 Å². The molecule has 0 bridgehead atoms. The number of hydrogen-bond donors (Lipinski definition) is 2. The average molecular weight is 231 g/mol. The summed E-state index contributed by atoms with van der Waals surface area (Å²) in [6.45, 7) is 0.280. The van der Waals surface area contributed by atoms with Crippen molar-refractivity contribution in [2.75, 3.05) is 23.8 Å². The topological polar surface area (TPSA) is 76.4 Å². The van der Waals surface area contributed by atoms with E-state index >= 15 is 0 Å². The normalized spacial score (nSPS) is 19.2. The van der Waals surface area contributed by atoms with Crippen LogP contribution < -0.4 is 10.2 Å². The van der Waals surface area contributed by atoms with Crippen molar-refractivity contribution in [2.45, 2.75) is 12.5 Å². The van der Waals surface area contributed by atoms with Crippen LogP contribution in [0.2, 0.25) is 0 Å². The summed E-state index contributed by atoms with van der Waals surface area (Å²) in [5.41, 5.74) is 1.91. The van der Waals surface area contributed by atoms with E-state index in [2.05, 4.69) is 5.32 Å². The van der Waals surface area contributed by atoms with E-state index in [4.69, 9.17) is 5.26 Å². The number of hydrogen-bond acceptors (Lipinski definition) is 4. The Labute approximate surface area is 99.3 Å². The van der Waals surface area contributed by atoms with Crippen molar-refractivity contribution in [3.8, 4) is 6.07 Å². The Kier molecular flexibility index (Phi) is 2.98. The third-order valence-electron chi connectivity index (χ3n) is 2.79. The van der Waals surface area contributed by atoms with Crippen LogP contribution in [0.5, 0.6) is 0 Å². The molecular formula is C12H13N3O2. The van der Waals surface area contributed by atoms with Gasteiger partial charge in [0.1, 0.15) is 0 Å². The summed E-state index contributed by atoms with van der Waals surface area (Å²) in [6.07, 6.45) is -0.488. The van der Waals surface area contributed by atoms with Gasteiger partial charge in [0.15, 0.2) is 0 Å². The molecule has 2 rings (SSSR count). The van der Waals surface area contributed by atoms with Crippen molar-refractivity contribution in [3.63, 3.8) is 0 Å². The highest BCUT2D eigenvalue weighted by Gasteiger charge is 2.30. The van der Waals surface area contributed by atoms with Crippen molar-refractivity contribution in [1.29, 1.82) is 5.26 Å². The monoisotopic (exact) mass is 231 g/mol. The standard InChI is InChI=1S/C12H13N3O2/c1-14-10-3-2-8(6-13)4-11(10)15-7-9(16)5-12(15)17/h2-4,9,14,16H,5,7H2,1H3. The summed E-state index contributed by atoms with van der Waals surface area (Å²) in [7, 11) is 1.75. The number of carbonyl (C=O) groups is 1. The van der Waals surface area contributed by atoms with Crippen LogP contribution in [0.4, 0.5) is 11.4 Å². The number of β-amino-alcohol motifs (C(OH)–C–C–N with tert-alkyl or cyclic N) is 1. The maximum absolute atomic E-state index is 11.7. The molecule has 1 saturated heterocycles. The lowest BCUT2D eigenvalue weighted by Gasteiger charge is -2.19. The second-order valence-corrected chi connectivity index (χ2v) is 3.96. The first kappa shape index (κ1) is 11.4. The molecular weight excluding hydrogens is 218 g/mol. The Bertz CT molecular complexity index is 493. The number of aliphatic hydroxyl groups excluding tert-OH is 1. The summed E-state index contributed by atoms with van der Waals surface area (Å²) in [6, 6.07) is 7.14. The minimum atomic E-state index is -0.627. The second-order valence-electron chi connectivity index (χ2n) is 3.96. The molecule has 17 heavy (non-hydrogen) atoms. The molecule has 0 saturated carbocycles. The van der Waals surface area contributed by atoms with E-state index < -0.39 is 6.10 Å². The second kappa shape index (κ2) is 4.44. The average Bonchev–Trinajstić information content (AvgIpc) is 2.67. The molecule has 1 aliphatic rings. The van der Waals surface area contributed by atoms with Gasteiger partial charge in [-0.15, -0.1) is 0 Å². The molecule has 5 nitrogen and oxygen atoms in total. The van der Waals surface area contributed by atoms with Crippen LogP contribution in [0.15, 0.2) is 18.2 Å². The molecule has 5 heteroatoms. The van der Waals surface area contributed by atoms with Crippen LogP contribution in [0.1, 0.15) is 12.0 Å². The summed E-state index contributed by atoms with van der Waals surface area (Å²) < 4.78 is 0. The maximum Gasteiger partial charge on any atom is 0.229 e. The van der Waals surface area contributed by atoms with Gasteiger partial charge >= 0.3 is 0 Å². The van der Waals surface area contributed by atoms with Crippen LogP contribution in [-0.2, 0) is 4.79 Å². The van der Waals surface area contributed by atoms with E-state index in [0.717, 1.165) is 5.69 Å². The molecule has 1 fully saturated rings. The number of amides is 1. The molecule has 1 aromatic carbocycles. The van der Waals surface area contributed by atoms with E-state index in [1.165, 1.54) is 4.90 Å². The predicted molar refractivity (Wildman–Crippen MR) is 63.7 cm³/mol. The number of carbonyl (C=O) groups excluding carboxylic acids is 1. The van der Waals surface area contributed by atoms with E-state index in [1.54, 1.807) is 25.2 Å². The number of anilines is 2. The molecule has 1 heterocycles. The minimum Gasteiger partial charge on any atom is -0.391 e. The van der Waals surface area contributed by atoms with Gasteiger partial charge in [0, 0.05) is 7.05 Å². The van der Waals surface area contributed by atoms with Gasteiger partial charge in [0.2, 0.25) is 5.91 Å². The molecule has 88 valence electrons. The molecule has 1 atom stereocenters. The molecule has 0 aliphatic carbocycles. The molecule has 0 aromatic heterocycles. The Hall–Kier alpha value is -2.06. The maximum atomic E-state index is 11.7. The Morgan fingerprint density at radius 3 is 2.88 bits per heavy atom. The van der Waals surface area contributed by atoms with Gasteiger partial charge in [-0.2, -0.15) is 5.26 Å². The van der Waals surface area contributed by atoms with E-state index in [-0.39, 0.29) is 18.9 Å². The molecule has 1 aromatic rings. The lowest BCUT2D eigenvalue weighted by atomic mass is 10.1. The first-order valence-corrected chi connectivity index (χ1v) is 5.36. The number of nitrogens with one attached hydrogen (secondary N) is 1. The number of nitrogens with zero attached hydrogens (tertiary/aromatic N) is 2. The molecule has 2 N–H and O–H groups in total. The number of rotatable bonds is 2. The Balaban J connectivity index is 2.43. The molecule has 1 unspecified atom stereocenters. The van der Waals surface area contributed by atoms with Crippen molar-refractivity contribution in [2.24, 2.45) is 0 Å². The Morgan fingerprint density at radius 1 is 1.59 bits per heavy atom. The van der Waals surface area contributed by atoms with Gasteiger partial charge in [-0.1, -0.05) is 0 Å². The van der Waals surface area contributed by atoms with E-state index in [1.807, 2.05) is 6.07 Å². The first-order chi connectivity index (χ1) is 8.15. The van der Waals surface area contributed by atoms with Crippen LogP contribution in [-0.4, -0.2) is 30.7 Å². The highest BCUT2D eigenvalue weighted by Crippen LogP contribution is 2.30. The molecule has 0 spiro atoms. The quantitative estimate of drug-likeness (QED) is 0.785. The first-order valence-electron chi connectivity index (χ1n) is 5.36. The molecule has 1 aliphatic heterocycles. The number of nitriles is 1. The largest absolute Gasteiger partial charge is 0.391 e. The fraction of sp³-hybridized carbons (Fsp3) is 0.333. The summed E-state index contributed by atoms with van der Waals surface area (Å²) in [4.78, 5) is 13.2. The van der Waals surface area contributed by atoms with Gasteiger partial charge in [-0.05, 0) is 18.2 Å². The van der Waals surface area contributed by atoms with Gasteiger partial charge in [0.25, 0.3) is 0 Å². The summed E-state index contributed by atoms with van der Waals surface area (Å²) in [5, 5.41) is 21.3. The molecule has 0 radical (unpaired) electrons. The van der Waals surface area contributed by atoms with Gasteiger partial charge in [0.05, 0.1) is 42.1 Å². The lowest BCUT2D eigenvalue weighted by Crippen LogP contribution is -2.26. The Morgan fingerprint density at radius 2 is 2.35 bits per heavy atom. The van der Waals surface area contributed by atoms with Crippen LogP contribution in [0, 0.1) is 11.3 Å². The summed E-state index contributed by atoms with van der Waals surface area (Å²) in [5.74, 6) is -0.121. The lowest BCUT2D eigenvalue weighted by molar-refractivity contribution is -0.117. The van der Waals surface area contributed by atoms with Crippen LogP contribution in [0.25, 0.3) is 0 Å². The molecule has 1 amide bonds. The third kappa shape index (κ3) is 2.08. The number of aliphatic hydroxyl groups is 1. The smallest absolute Gasteiger partial charge is 0.229 e. The fourth-order valence-electron chi connectivity index (χ4n) is 1.96. The predicted octanol–water partition coefficient (Wildman–Crippen LogP) is 0.698. The fourth-order valence-corrected chi connectivity index (χ4v) is 1.96. The van der Waals surface area contributed by atoms with Crippen molar-refractivity contribution in [1.82, 2.24) is 0 Å². The van der Waals surface area contributed by atoms with Crippen molar-refractivity contribution >= 4 is 17.3 Å². The minimum absolute atomic E-state index is 0.121.